The van der Waals surface area contributed by atoms with Crippen LogP contribution in [0.15, 0.2) is 54.7 Å². The molecule has 6 nitrogen and oxygen atoms in total. The smallest absolute Gasteiger partial charge is 0.259 e. The summed E-state index contributed by atoms with van der Waals surface area (Å²) in [4.78, 5) is 23.1. The second kappa shape index (κ2) is 7.00. The van der Waals surface area contributed by atoms with Crippen LogP contribution in [0, 0.1) is 0 Å². The lowest BCUT2D eigenvalue weighted by Crippen LogP contribution is -2.31. The van der Waals surface area contributed by atoms with Crippen molar-refractivity contribution >= 4 is 16.8 Å². The topological polar surface area (TPSA) is 64.5 Å². The van der Waals surface area contributed by atoms with Crippen molar-refractivity contribution in [2.75, 3.05) is 20.2 Å². The second-order valence-electron chi connectivity index (χ2n) is 6.18. The van der Waals surface area contributed by atoms with Gasteiger partial charge in [-0.2, -0.15) is 0 Å². The first-order valence-corrected chi connectivity index (χ1v) is 8.55. The van der Waals surface area contributed by atoms with Gasteiger partial charge in [0.15, 0.2) is 0 Å². The van der Waals surface area contributed by atoms with E-state index in [9.17, 15) is 4.79 Å². The molecule has 0 spiro atoms. The Morgan fingerprint density at radius 2 is 2.04 bits per heavy atom. The van der Waals surface area contributed by atoms with Crippen LogP contribution in [0.25, 0.3) is 10.9 Å². The van der Waals surface area contributed by atoms with Crippen molar-refractivity contribution in [2.24, 2.45) is 0 Å². The molecule has 3 aromatic rings. The number of hydrogen-bond acceptors (Lipinski definition) is 5. The van der Waals surface area contributed by atoms with E-state index in [4.69, 9.17) is 9.47 Å². The van der Waals surface area contributed by atoms with E-state index in [2.05, 4.69) is 9.97 Å². The Balaban J connectivity index is 1.45. The molecule has 4 rings (SSSR count). The average Bonchev–Trinajstić information content (AvgIpc) is 3.15. The number of amides is 1. The highest BCUT2D eigenvalue weighted by Gasteiger charge is 2.30. The van der Waals surface area contributed by atoms with E-state index in [-0.39, 0.29) is 12.0 Å². The second-order valence-corrected chi connectivity index (χ2v) is 6.18. The highest BCUT2D eigenvalue weighted by molar-refractivity contribution is 5.96. The molecular weight excluding hydrogens is 330 g/mol. The summed E-state index contributed by atoms with van der Waals surface area (Å²) in [5.41, 5.74) is 1.37. The number of likely N-dealkylation sites (tertiary alicyclic amines) is 1. The Morgan fingerprint density at radius 1 is 1.15 bits per heavy atom. The first-order valence-electron chi connectivity index (χ1n) is 8.55. The number of carbonyl (C=O) groups excluding carboxylic acids is 1. The van der Waals surface area contributed by atoms with Crippen molar-refractivity contribution in [3.8, 4) is 11.8 Å². The SMILES string of the molecule is COc1ncccc1C(=O)N1CC[C@H](Oc2ccc3ccccc3n2)C1. The van der Waals surface area contributed by atoms with E-state index < -0.39 is 0 Å². The van der Waals surface area contributed by atoms with Crippen molar-refractivity contribution in [2.45, 2.75) is 12.5 Å². The molecule has 0 aliphatic carbocycles. The Hall–Kier alpha value is -3.15. The molecule has 1 fully saturated rings. The predicted molar refractivity (Wildman–Crippen MR) is 97.5 cm³/mol. The van der Waals surface area contributed by atoms with E-state index >= 15 is 0 Å². The van der Waals surface area contributed by atoms with Gasteiger partial charge < -0.3 is 14.4 Å². The maximum absolute atomic E-state index is 12.7. The van der Waals surface area contributed by atoms with Gasteiger partial charge >= 0.3 is 0 Å². The molecule has 1 aromatic carbocycles. The highest BCUT2D eigenvalue weighted by Crippen LogP contribution is 2.23. The van der Waals surface area contributed by atoms with Crippen LogP contribution in [0.3, 0.4) is 0 Å². The first kappa shape index (κ1) is 16.3. The van der Waals surface area contributed by atoms with E-state index in [1.807, 2.05) is 36.4 Å². The molecule has 132 valence electrons. The van der Waals surface area contributed by atoms with Gasteiger partial charge in [-0.1, -0.05) is 18.2 Å². The summed E-state index contributed by atoms with van der Waals surface area (Å²) >= 11 is 0. The Kier molecular flexibility index (Phi) is 4.39. The molecule has 1 aliphatic rings. The van der Waals surface area contributed by atoms with Crippen LogP contribution in [0.5, 0.6) is 11.8 Å². The summed E-state index contributed by atoms with van der Waals surface area (Å²) in [7, 11) is 1.51. The Bertz CT molecular complexity index is 944. The summed E-state index contributed by atoms with van der Waals surface area (Å²) in [6, 6.07) is 15.2. The number of benzene rings is 1. The number of hydrogen-bond donors (Lipinski definition) is 0. The summed E-state index contributed by atoms with van der Waals surface area (Å²) < 4.78 is 11.2. The molecule has 1 amide bonds. The van der Waals surface area contributed by atoms with Gasteiger partial charge in [-0.15, -0.1) is 0 Å². The van der Waals surface area contributed by atoms with Gasteiger partial charge in [0, 0.05) is 30.6 Å². The molecule has 0 saturated carbocycles. The predicted octanol–water partition coefficient (Wildman–Crippen LogP) is 2.93. The minimum atomic E-state index is -0.0903. The number of para-hydroxylation sites is 1. The van der Waals surface area contributed by atoms with Gasteiger partial charge in [-0.25, -0.2) is 9.97 Å². The number of pyridine rings is 2. The van der Waals surface area contributed by atoms with Crippen molar-refractivity contribution in [1.29, 1.82) is 0 Å². The number of rotatable bonds is 4. The number of methoxy groups -OCH3 is 1. The number of ether oxygens (including phenoxy) is 2. The van der Waals surface area contributed by atoms with E-state index in [0.717, 1.165) is 17.3 Å². The quantitative estimate of drug-likeness (QED) is 0.725. The van der Waals surface area contributed by atoms with Gasteiger partial charge in [0.1, 0.15) is 11.7 Å². The van der Waals surface area contributed by atoms with Crippen LogP contribution >= 0.6 is 0 Å². The minimum absolute atomic E-state index is 0.0738. The maximum atomic E-state index is 12.7. The fraction of sp³-hybridized carbons (Fsp3) is 0.250. The minimum Gasteiger partial charge on any atom is -0.480 e. The fourth-order valence-electron chi connectivity index (χ4n) is 3.18. The zero-order valence-electron chi connectivity index (χ0n) is 14.5. The molecule has 3 heterocycles. The van der Waals surface area contributed by atoms with Crippen molar-refractivity contribution in [1.82, 2.24) is 14.9 Å². The lowest BCUT2D eigenvalue weighted by Gasteiger charge is -2.18. The number of carbonyl (C=O) groups is 1. The molecular formula is C20H19N3O3. The van der Waals surface area contributed by atoms with Crippen LogP contribution in [-0.2, 0) is 0 Å². The monoisotopic (exact) mass is 349 g/mol. The molecule has 0 bridgehead atoms. The van der Waals surface area contributed by atoms with E-state index in [0.29, 0.717) is 30.4 Å². The fourth-order valence-corrected chi connectivity index (χ4v) is 3.18. The summed E-state index contributed by atoms with van der Waals surface area (Å²) in [6.07, 6.45) is 2.30. The summed E-state index contributed by atoms with van der Waals surface area (Å²) in [5.74, 6) is 0.840. The Morgan fingerprint density at radius 3 is 2.92 bits per heavy atom. The molecule has 1 atom stereocenters. The van der Waals surface area contributed by atoms with Crippen molar-refractivity contribution in [3.63, 3.8) is 0 Å². The van der Waals surface area contributed by atoms with Crippen LogP contribution in [0.2, 0.25) is 0 Å². The standard InChI is InChI=1S/C20H19N3O3/c1-25-19-16(6-4-11-21-19)20(24)23-12-10-15(13-23)26-18-9-8-14-5-2-3-7-17(14)22-18/h2-9,11,15H,10,12-13H2,1H3/t15-/m0/s1. The van der Waals surface area contributed by atoms with Gasteiger partial charge in [0.2, 0.25) is 11.8 Å². The number of aromatic nitrogens is 2. The van der Waals surface area contributed by atoms with Crippen molar-refractivity contribution in [3.05, 3.63) is 60.3 Å². The van der Waals surface area contributed by atoms with Crippen LogP contribution in [0.4, 0.5) is 0 Å². The van der Waals surface area contributed by atoms with Gasteiger partial charge in [-0.3, -0.25) is 4.79 Å². The highest BCUT2D eigenvalue weighted by atomic mass is 16.5. The van der Waals surface area contributed by atoms with Gasteiger partial charge in [0.05, 0.1) is 19.2 Å². The number of nitrogens with zero attached hydrogens (tertiary/aromatic N) is 3. The van der Waals surface area contributed by atoms with Crippen LogP contribution in [0.1, 0.15) is 16.8 Å². The lowest BCUT2D eigenvalue weighted by molar-refractivity contribution is 0.0767. The Labute approximate surface area is 151 Å². The molecule has 1 aliphatic heterocycles. The summed E-state index contributed by atoms with van der Waals surface area (Å²) in [6.45, 7) is 1.15. The molecule has 6 heteroatoms. The number of fused-ring (bicyclic) bond motifs is 1. The van der Waals surface area contributed by atoms with Gasteiger partial charge in [-0.05, 0) is 24.3 Å². The summed E-state index contributed by atoms with van der Waals surface area (Å²) in [5, 5.41) is 1.08. The van der Waals surface area contributed by atoms with Gasteiger partial charge in [0.25, 0.3) is 5.91 Å². The van der Waals surface area contributed by atoms with E-state index in [1.54, 1.807) is 23.2 Å². The molecule has 0 unspecified atom stereocenters. The molecule has 26 heavy (non-hydrogen) atoms. The molecule has 0 radical (unpaired) electrons. The average molecular weight is 349 g/mol. The molecule has 2 aromatic heterocycles. The zero-order chi connectivity index (χ0) is 17.9. The maximum Gasteiger partial charge on any atom is 0.259 e. The third-order valence-electron chi connectivity index (χ3n) is 4.49. The largest absolute Gasteiger partial charge is 0.480 e. The zero-order valence-corrected chi connectivity index (χ0v) is 14.5. The lowest BCUT2D eigenvalue weighted by atomic mass is 10.2. The van der Waals surface area contributed by atoms with E-state index in [1.165, 1.54) is 7.11 Å². The molecule has 1 saturated heterocycles. The normalized spacial score (nSPS) is 16.7. The van der Waals surface area contributed by atoms with Crippen LogP contribution in [-0.4, -0.2) is 47.1 Å². The molecule has 0 N–H and O–H groups in total. The first-order chi connectivity index (χ1) is 12.7. The third kappa shape index (κ3) is 3.18. The third-order valence-corrected chi connectivity index (χ3v) is 4.49. The van der Waals surface area contributed by atoms with Crippen LogP contribution < -0.4 is 9.47 Å². The van der Waals surface area contributed by atoms with Crippen molar-refractivity contribution < 1.29 is 14.3 Å².